The summed E-state index contributed by atoms with van der Waals surface area (Å²) in [6.07, 6.45) is 0. The van der Waals surface area contributed by atoms with Crippen LogP contribution in [0.3, 0.4) is 0 Å². The zero-order chi connectivity index (χ0) is 25.2. The summed E-state index contributed by atoms with van der Waals surface area (Å²) in [6, 6.07) is 40.1. The van der Waals surface area contributed by atoms with E-state index in [4.69, 9.17) is 14.8 Å². The second-order valence-corrected chi connectivity index (χ2v) is 8.58. The van der Waals surface area contributed by atoms with E-state index in [0.29, 0.717) is 22.7 Å². The average Bonchev–Trinajstić information content (AvgIpc) is 3.37. The van der Waals surface area contributed by atoms with Crippen LogP contribution in [0.4, 0.5) is 0 Å². The van der Waals surface area contributed by atoms with Gasteiger partial charge < -0.3 is 4.74 Å². The Morgan fingerprint density at radius 3 is 1.92 bits per heavy atom. The normalized spacial score (nSPS) is 10.8. The van der Waals surface area contributed by atoms with Gasteiger partial charge in [0.25, 0.3) is 0 Å². The molecule has 5 heteroatoms. The first-order valence-corrected chi connectivity index (χ1v) is 12.0. The van der Waals surface area contributed by atoms with Crippen molar-refractivity contribution in [1.82, 2.24) is 14.8 Å². The second-order valence-electron chi connectivity index (χ2n) is 8.58. The van der Waals surface area contributed by atoms with Crippen molar-refractivity contribution in [3.05, 3.63) is 121 Å². The van der Waals surface area contributed by atoms with Gasteiger partial charge in [-0.2, -0.15) is 10.4 Å². The largest absolute Gasteiger partial charge is 0.497 e. The number of methoxy groups -OCH3 is 1. The maximum atomic E-state index is 10.5. The molecule has 37 heavy (non-hydrogen) atoms. The Balaban J connectivity index is 1.82. The lowest BCUT2D eigenvalue weighted by Crippen LogP contribution is -2.01. The molecule has 0 aliphatic heterocycles. The van der Waals surface area contributed by atoms with Gasteiger partial charge in [-0.15, -0.1) is 0 Å². The maximum absolute atomic E-state index is 10.5. The lowest BCUT2D eigenvalue weighted by Gasteiger charge is -2.14. The first-order valence-electron chi connectivity index (χ1n) is 12.0. The molecule has 176 valence electrons. The summed E-state index contributed by atoms with van der Waals surface area (Å²) in [4.78, 5) is 5.11. The Labute approximate surface area is 214 Å². The quantitative estimate of drug-likeness (QED) is 0.261. The van der Waals surface area contributed by atoms with Gasteiger partial charge in [0.1, 0.15) is 17.5 Å². The van der Waals surface area contributed by atoms with Gasteiger partial charge in [0, 0.05) is 16.7 Å². The number of para-hydroxylation sites is 1. The predicted octanol–water partition coefficient (Wildman–Crippen LogP) is 7.30. The topological polar surface area (TPSA) is 63.7 Å². The molecule has 0 amide bonds. The van der Waals surface area contributed by atoms with Crippen LogP contribution in [0, 0.1) is 11.3 Å². The lowest BCUT2D eigenvalue weighted by atomic mass is 9.92. The van der Waals surface area contributed by atoms with Crippen molar-refractivity contribution in [2.45, 2.75) is 0 Å². The van der Waals surface area contributed by atoms with Crippen molar-refractivity contribution in [3.8, 4) is 51.1 Å². The van der Waals surface area contributed by atoms with E-state index in [2.05, 4.69) is 6.07 Å². The lowest BCUT2D eigenvalue weighted by molar-refractivity contribution is 0.415. The maximum Gasteiger partial charge on any atom is 0.164 e. The van der Waals surface area contributed by atoms with Crippen LogP contribution in [0.25, 0.3) is 50.4 Å². The van der Waals surface area contributed by atoms with E-state index in [-0.39, 0.29) is 0 Å². The number of nitrogens with zero attached hydrogens (tertiary/aromatic N) is 4. The Kier molecular flexibility index (Phi) is 5.68. The van der Waals surface area contributed by atoms with Gasteiger partial charge in [0.05, 0.1) is 29.4 Å². The van der Waals surface area contributed by atoms with Crippen LogP contribution < -0.4 is 4.74 Å². The zero-order valence-corrected chi connectivity index (χ0v) is 20.2. The van der Waals surface area contributed by atoms with Crippen LogP contribution in [0.15, 0.2) is 115 Å². The Morgan fingerprint density at radius 2 is 1.30 bits per heavy atom. The van der Waals surface area contributed by atoms with Crippen LogP contribution >= 0.6 is 0 Å². The van der Waals surface area contributed by atoms with Crippen molar-refractivity contribution in [2.75, 3.05) is 7.11 Å². The summed E-state index contributed by atoms with van der Waals surface area (Å²) < 4.78 is 7.42. The third-order valence-electron chi connectivity index (χ3n) is 6.38. The molecule has 0 aliphatic rings. The second kappa shape index (κ2) is 9.44. The smallest absolute Gasteiger partial charge is 0.164 e. The molecule has 0 radical (unpaired) electrons. The van der Waals surface area contributed by atoms with Crippen molar-refractivity contribution in [2.24, 2.45) is 0 Å². The van der Waals surface area contributed by atoms with Gasteiger partial charge in [-0.05, 0) is 29.8 Å². The highest BCUT2D eigenvalue weighted by atomic mass is 16.5. The van der Waals surface area contributed by atoms with E-state index in [1.54, 1.807) is 7.11 Å². The minimum Gasteiger partial charge on any atom is -0.497 e. The van der Waals surface area contributed by atoms with E-state index in [0.717, 1.165) is 39.0 Å². The highest BCUT2D eigenvalue weighted by molar-refractivity contribution is 6.07. The number of pyridine rings is 1. The van der Waals surface area contributed by atoms with Crippen LogP contribution in [0.5, 0.6) is 5.75 Å². The molecular weight excluding hydrogens is 456 g/mol. The van der Waals surface area contributed by atoms with Crippen molar-refractivity contribution >= 4 is 11.0 Å². The predicted molar refractivity (Wildman–Crippen MR) is 146 cm³/mol. The number of hydrogen-bond donors (Lipinski definition) is 0. The van der Waals surface area contributed by atoms with Crippen LogP contribution in [0.2, 0.25) is 0 Å². The fraction of sp³-hybridized carbons (Fsp3) is 0.0312. The van der Waals surface area contributed by atoms with Crippen molar-refractivity contribution in [1.29, 1.82) is 5.26 Å². The van der Waals surface area contributed by atoms with Gasteiger partial charge in [0.15, 0.2) is 5.65 Å². The highest BCUT2D eigenvalue weighted by Gasteiger charge is 2.25. The molecule has 5 nitrogen and oxygen atoms in total. The summed E-state index contributed by atoms with van der Waals surface area (Å²) in [5, 5.41) is 16.4. The summed E-state index contributed by atoms with van der Waals surface area (Å²) in [6.45, 7) is 0. The molecule has 0 spiro atoms. The minimum absolute atomic E-state index is 0.497. The van der Waals surface area contributed by atoms with Crippen molar-refractivity contribution in [3.63, 3.8) is 0 Å². The molecule has 4 aromatic carbocycles. The fourth-order valence-electron chi connectivity index (χ4n) is 4.68. The molecule has 0 atom stereocenters. The molecule has 0 saturated carbocycles. The SMILES string of the molecule is COc1cccc(-c2c(C#N)c(-c3ccccc3)nc3c2c(-c2ccccc2)nn3-c2ccccc2)c1. The molecule has 0 fully saturated rings. The molecule has 6 rings (SSSR count). The number of hydrogen-bond acceptors (Lipinski definition) is 4. The molecule has 0 unspecified atom stereocenters. The number of nitriles is 1. The van der Waals surface area contributed by atoms with E-state index in [9.17, 15) is 5.26 Å². The third kappa shape index (κ3) is 3.91. The Morgan fingerprint density at radius 1 is 0.703 bits per heavy atom. The molecule has 2 heterocycles. The highest BCUT2D eigenvalue weighted by Crippen LogP contribution is 2.42. The van der Waals surface area contributed by atoms with Crippen LogP contribution in [-0.4, -0.2) is 21.9 Å². The standard InChI is InChI=1S/C32H22N4O/c1-37-26-19-11-16-24(20-26)28-27(21-33)30(22-12-5-2-6-13-22)34-32-29(28)31(23-14-7-3-8-15-23)35-36(32)25-17-9-4-10-18-25/h2-20H,1H3. The number of ether oxygens (including phenoxy) is 1. The number of rotatable bonds is 5. The molecule has 0 N–H and O–H groups in total. The Hall–Kier alpha value is -5.21. The zero-order valence-electron chi connectivity index (χ0n) is 20.2. The van der Waals surface area contributed by atoms with E-state index in [1.165, 1.54) is 0 Å². The van der Waals surface area contributed by atoms with Crippen LogP contribution in [-0.2, 0) is 0 Å². The fourth-order valence-corrected chi connectivity index (χ4v) is 4.68. The van der Waals surface area contributed by atoms with Crippen molar-refractivity contribution < 1.29 is 4.74 Å². The van der Waals surface area contributed by atoms with E-state index < -0.39 is 0 Å². The number of benzene rings is 4. The summed E-state index contributed by atoms with van der Waals surface area (Å²) in [7, 11) is 1.64. The molecular formula is C32H22N4O. The summed E-state index contributed by atoms with van der Waals surface area (Å²) in [5.74, 6) is 0.712. The number of aromatic nitrogens is 3. The van der Waals surface area contributed by atoms with E-state index >= 15 is 0 Å². The average molecular weight is 479 g/mol. The van der Waals surface area contributed by atoms with Gasteiger partial charge >= 0.3 is 0 Å². The first kappa shape index (κ1) is 22.3. The Bertz CT molecular complexity index is 1750. The molecule has 6 aromatic rings. The van der Waals surface area contributed by atoms with Gasteiger partial charge in [-0.3, -0.25) is 0 Å². The minimum atomic E-state index is 0.497. The molecule has 0 aliphatic carbocycles. The molecule has 2 aromatic heterocycles. The first-order chi connectivity index (χ1) is 18.3. The summed E-state index contributed by atoms with van der Waals surface area (Å²) in [5.41, 5.74) is 6.92. The third-order valence-corrected chi connectivity index (χ3v) is 6.38. The van der Waals surface area contributed by atoms with Gasteiger partial charge in [-0.1, -0.05) is 91.0 Å². The van der Waals surface area contributed by atoms with Gasteiger partial charge in [-0.25, -0.2) is 9.67 Å². The molecule has 0 saturated heterocycles. The van der Waals surface area contributed by atoms with Gasteiger partial charge in [0.2, 0.25) is 0 Å². The van der Waals surface area contributed by atoms with E-state index in [1.807, 2.05) is 120 Å². The van der Waals surface area contributed by atoms with Crippen LogP contribution in [0.1, 0.15) is 5.56 Å². The number of fused-ring (bicyclic) bond motifs is 1. The molecule has 0 bridgehead atoms. The summed E-state index contributed by atoms with van der Waals surface area (Å²) >= 11 is 0. The monoisotopic (exact) mass is 478 g/mol.